The molecular formula is C15H14BrNO3. The van der Waals surface area contributed by atoms with E-state index in [0.717, 1.165) is 11.1 Å². The second kappa shape index (κ2) is 6.52. The summed E-state index contributed by atoms with van der Waals surface area (Å²) in [7, 11) is 0. The van der Waals surface area contributed by atoms with Crippen LogP contribution in [0.1, 0.15) is 16.7 Å². The highest BCUT2D eigenvalue weighted by atomic mass is 79.9. The van der Waals surface area contributed by atoms with Gasteiger partial charge in [-0.3, -0.25) is 10.1 Å². The summed E-state index contributed by atoms with van der Waals surface area (Å²) in [6.07, 6.45) is 0. The standard InChI is InChI=1S/C15H14BrNO3/c1-11-2-4-12(5-3-11)10-20-15-7-6-14(17(18)19)8-13(15)9-16/h2-8H,9-10H2,1H3. The van der Waals surface area contributed by atoms with E-state index in [1.165, 1.54) is 17.7 Å². The van der Waals surface area contributed by atoms with E-state index in [4.69, 9.17) is 4.74 Å². The van der Waals surface area contributed by atoms with Crippen LogP contribution in [0.25, 0.3) is 0 Å². The van der Waals surface area contributed by atoms with Crippen molar-refractivity contribution in [3.05, 3.63) is 69.3 Å². The molecule has 0 saturated heterocycles. The van der Waals surface area contributed by atoms with Crippen LogP contribution in [0.4, 0.5) is 5.69 Å². The molecule has 0 bridgehead atoms. The van der Waals surface area contributed by atoms with Crippen LogP contribution >= 0.6 is 15.9 Å². The molecule has 104 valence electrons. The van der Waals surface area contributed by atoms with E-state index in [0.29, 0.717) is 17.7 Å². The van der Waals surface area contributed by atoms with Crippen LogP contribution in [0.5, 0.6) is 5.75 Å². The molecular weight excluding hydrogens is 322 g/mol. The van der Waals surface area contributed by atoms with Crippen LogP contribution in [0.2, 0.25) is 0 Å². The van der Waals surface area contributed by atoms with Gasteiger partial charge < -0.3 is 4.74 Å². The first-order valence-electron chi connectivity index (χ1n) is 6.12. The Labute approximate surface area is 125 Å². The number of rotatable bonds is 5. The summed E-state index contributed by atoms with van der Waals surface area (Å²) < 4.78 is 5.74. The molecule has 0 aromatic heterocycles. The largest absolute Gasteiger partial charge is 0.489 e. The SMILES string of the molecule is Cc1ccc(COc2ccc([N+](=O)[O-])cc2CBr)cc1. The number of hydrogen-bond donors (Lipinski definition) is 0. The van der Waals surface area contributed by atoms with Gasteiger partial charge in [0.1, 0.15) is 12.4 Å². The zero-order chi connectivity index (χ0) is 14.5. The number of benzene rings is 2. The van der Waals surface area contributed by atoms with E-state index in [1.54, 1.807) is 6.07 Å². The van der Waals surface area contributed by atoms with Gasteiger partial charge in [-0.2, -0.15) is 0 Å². The van der Waals surface area contributed by atoms with E-state index < -0.39 is 4.92 Å². The minimum absolute atomic E-state index is 0.0714. The topological polar surface area (TPSA) is 52.4 Å². The molecule has 0 heterocycles. The Kier molecular flexibility index (Phi) is 4.74. The maximum Gasteiger partial charge on any atom is 0.270 e. The molecule has 0 amide bonds. The number of aryl methyl sites for hydroxylation is 1. The molecule has 0 aliphatic rings. The van der Waals surface area contributed by atoms with Crippen LogP contribution in [-0.2, 0) is 11.9 Å². The zero-order valence-electron chi connectivity index (χ0n) is 11.0. The van der Waals surface area contributed by atoms with Gasteiger partial charge in [0.15, 0.2) is 0 Å². The van der Waals surface area contributed by atoms with Crippen molar-refractivity contribution in [1.82, 2.24) is 0 Å². The smallest absolute Gasteiger partial charge is 0.270 e. The highest BCUT2D eigenvalue weighted by Crippen LogP contribution is 2.26. The molecule has 0 fully saturated rings. The number of nitro benzene ring substituents is 1. The summed E-state index contributed by atoms with van der Waals surface area (Å²) in [6, 6.07) is 12.7. The van der Waals surface area contributed by atoms with Crippen LogP contribution in [0, 0.1) is 17.0 Å². The predicted molar refractivity (Wildman–Crippen MR) is 81.2 cm³/mol. The van der Waals surface area contributed by atoms with E-state index in [1.807, 2.05) is 31.2 Å². The van der Waals surface area contributed by atoms with E-state index >= 15 is 0 Å². The summed E-state index contributed by atoms with van der Waals surface area (Å²) in [6.45, 7) is 2.47. The van der Waals surface area contributed by atoms with Gasteiger partial charge in [0.25, 0.3) is 5.69 Å². The van der Waals surface area contributed by atoms with Crippen molar-refractivity contribution in [3.8, 4) is 5.75 Å². The predicted octanol–water partition coefficient (Wildman–Crippen LogP) is 4.38. The summed E-state index contributed by atoms with van der Waals surface area (Å²) in [5.74, 6) is 0.660. The van der Waals surface area contributed by atoms with Gasteiger partial charge in [-0.25, -0.2) is 0 Å². The lowest BCUT2D eigenvalue weighted by atomic mass is 10.1. The van der Waals surface area contributed by atoms with Gasteiger partial charge in [0.05, 0.1) is 4.92 Å². The van der Waals surface area contributed by atoms with E-state index in [-0.39, 0.29) is 5.69 Å². The van der Waals surface area contributed by atoms with Gasteiger partial charge in [-0.1, -0.05) is 45.8 Å². The number of non-ortho nitro benzene ring substituents is 1. The molecule has 0 spiro atoms. The molecule has 0 radical (unpaired) electrons. The lowest BCUT2D eigenvalue weighted by molar-refractivity contribution is -0.384. The van der Waals surface area contributed by atoms with Gasteiger partial charge in [-0.15, -0.1) is 0 Å². The van der Waals surface area contributed by atoms with Gasteiger partial charge >= 0.3 is 0 Å². The Hall–Kier alpha value is -1.88. The van der Waals surface area contributed by atoms with Crippen molar-refractivity contribution in [2.75, 3.05) is 0 Å². The van der Waals surface area contributed by atoms with Crippen molar-refractivity contribution < 1.29 is 9.66 Å². The number of alkyl halides is 1. The third-order valence-electron chi connectivity index (χ3n) is 2.91. The Bertz CT molecular complexity index is 611. The van der Waals surface area contributed by atoms with Crippen molar-refractivity contribution in [3.63, 3.8) is 0 Å². The number of nitro groups is 1. The van der Waals surface area contributed by atoms with Crippen LogP contribution in [0.3, 0.4) is 0 Å². The molecule has 2 rings (SSSR count). The molecule has 20 heavy (non-hydrogen) atoms. The summed E-state index contributed by atoms with van der Waals surface area (Å²) in [5.41, 5.74) is 3.10. The average molecular weight is 336 g/mol. The molecule has 5 heteroatoms. The first-order chi connectivity index (χ1) is 9.60. The number of nitrogens with zero attached hydrogens (tertiary/aromatic N) is 1. The van der Waals surface area contributed by atoms with Crippen molar-refractivity contribution in [2.45, 2.75) is 18.9 Å². The van der Waals surface area contributed by atoms with Crippen LogP contribution < -0.4 is 4.74 Å². The first kappa shape index (κ1) is 14.5. The zero-order valence-corrected chi connectivity index (χ0v) is 12.6. The van der Waals surface area contributed by atoms with Crippen molar-refractivity contribution in [2.24, 2.45) is 0 Å². The molecule has 4 nitrogen and oxygen atoms in total. The first-order valence-corrected chi connectivity index (χ1v) is 7.24. The third kappa shape index (κ3) is 3.57. The number of halogens is 1. The molecule has 0 N–H and O–H groups in total. The molecule has 2 aromatic carbocycles. The lowest BCUT2D eigenvalue weighted by Crippen LogP contribution is -1.99. The highest BCUT2D eigenvalue weighted by Gasteiger charge is 2.11. The van der Waals surface area contributed by atoms with Crippen molar-refractivity contribution >= 4 is 21.6 Å². The fraction of sp³-hybridized carbons (Fsp3) is 0.200. The minimum atomic E-state index is -0.407. The Morgan fingerprint density at radius 2 is 1.90 bits per heavy atom. The van der Waals surface area contributed by atoms with Gasteiger partial charge in [-0.05, 0) is 18.6 Å². The summed E-state index contributed by atoms with van der Waals surface area (Å²) in [4.78, 5) is 10.3. The van der Waals surface area contributed by atoms with E-state index in [2.05, 4.69) is 15.9 Å². The molecule has 0 saturated carbocycles. The van der Waals surface area contributed by atoms with Crippen LogP contribution in [0.15, 0.2) is 42.5 Å². The fourth-order valence-corrected chi connectivity index (χ4v) is 2.21. The number of hydrogen-bond acceptors (Lipinski definition) is 3. The normalized spacial score (nSPS) is 10.3. The monoisotopic (exact) mass is 335 g/mol. The Morgan fingerprint density at radius 1 is 1.20 bits per heavy atom. The lowest BCUT2D eigenvalue weighted by Gasteiger charge is -2.10. The molecule has 0 aliphatic carbocycles. The maximum atomic E-state index is 10.7. The molecule has 0 unspecified atom stereocenters. The van der Waals surface area contributed by atoms with Crippen molar-refractivity contribution in [1.29, 1.82) is 0 Å². The van der Waals surface area contributed by atoms with Crippen LogP contribution in [-0.4, -0.2) is 4.92 Å². The third-order valence-corrected chi connectivity index (χ3v) is 3.52. The average Bonchev–Trinajstić information content (AvgIpc) is 2.46. The molecule has 2 aromatic rings. The fourth-order valence-electron chi connectivity index (χ4n) is 1.77. The quantitative estimate of drug-likeness (QED) is 0.463. The minimum Gasteiger partial charge on any atom is -0.489 e. The Balaban J connectivity index is 2.12. The maximum absolute atomic E-state index is 10.7. The molecule has 0 atom stereocenters. The van der Waals surface area contributed by atoms with E-state index in [9.17, 15) is 10.1 Å². The Morgan fingerprint density at radius 3 is 2.50 bits per heavy atom. The number of ether oxygens (including phenoxy) is 1. The molecule has 0 aliphatic heterocycles. The highest BCUT2D eigenvalue weighted by molar-refractivity contribution is 9.08. The summed E-state index contributed by atoms with van der Waals surface area (Å²) >= 11 is 3.32. The van der Waals surface area contributed by atoms with Gasteiger partial charge in [0.2, 0.25) is 0 Å². The second-order valence-electron chi connectivity index (χ2n) is 4.46. The second-order valence-corrected chi connectivity index (χ2v) is 5.02. The van der Waals surface area contributed by atoms with Gasteiger partial charge in [0, 0.05) is 23.0 Å². The summed E-state index contributed by atoms with van der Waals surface area (Å²) in [5, 5.41) is 11.3.